The van der Waals surface area contributed by atoms with Crippen LogP contribution < -0.4 is 0 Å². The molecule has 0 aliphatic rings. The van der Waals surface area contributed by atoms with E-state index in [0.29, 0.717) is 0 Å². The second-order valence-corrected chi connectivity index (χ2v) is 3.97. The average Bonchev–Trinajstić information content (AvgIpc) is 2.04. The molecule has 0 bridgehead atoms. The molecular formula is C6H13NO4P. The fourth-order valence-electron chi connectivity index (χ4n) is 0.587. The van der Waals surface area contributed by atoms with Crippen LogP contribution >= 0.6 is 7.75 Å². The maximum Gasteiger partial charge on any atom is 0.437 e. The summed E-state index contributed by atoms with van der Waals surface area (Å²) in [6.07, 6.45) is 1.45. The topological polar surface area (TPSA) is 55.8 Å². The minimum absolute atomic E-state index is 0.225. The minimum atomic E-state index is -3.40. The van der Waals surface area contributed by atoms with E-state index < -0.39 is 7.75 Å². The second kappa shape index (κ2) is 5.30. The zero-order valence-electron chi connectivity index (χ0n) is 7.44. The van der Waals surface area contributed by atoms with E-state index in [4.69, 9.17) is 9.05 Å². The Kier molecular flexibility index (Phi) is 5.13. The minimum Gasteiger partial charge on any atom is -0.292 e. The van der Waals surface area contributed by atoms with Gasteiger partial charge < -0.3 is 0 Å². The van der Waals surface area contributed by atoms with Crippen molar-refractivity contribution in [2.75, 3.05) is 20.3 Å². The van der Waals surface area contributed by atoms with Crippen LogP contribution in [0.15, 0.2) is 0 Å². The lowest BCUT2D eigenvalue weighted by atomic mass is 10.9. The third-order valence-electron chi connectivity index (χ3n) is 1.08. The molecule has 0 saturated carbocycles. The van der Waals surface area contributed by atoms with E-state index in [1.54, 1.807) is 13.8 Å². The number of hydrogen-bond acceptors (Lipinski definition) is 4. The summed E-state index contributed by atoms with van der Waals surface area (Å²) >= 11 is 0. The van der Waals surface area contributed by atoms with Gasteiger partial charge in [0, 0.05) is 7.05 Å². The SMILES string of the molecule is CCOP(=O)(OCC)N(C)[C]=O. The smallest absolute Gasteiger partial charge is 0.292 e. The van der Waals surface area contributed by atoms with Gasteiger partial charge in [-0.15, -0.1) is 0 Å². The van der Waals surface area contributed by atoms with E-state index in [9.17, 15) is 9.36 Å². The van der Waals surface area contributed by atoms with Gasteiger partial charge in [0.05, 0.1) is 13.2 Å². The molecule has 0 unspecified atom stereocenters. The largest absolute Gasteiger partial charge is 0.437 e. The van der Waals surface area contributed by atoms with E-state index >= 15 is 0 Å². The van der Waals surface area contributed by atoms with Gasteiger partial charge in [-0.3, -0.25) is 13.8 Å². The van der Waals surface area contributed by atoms with Crippen LogP contribution in [0.1, 0.15) is 13.8 Å². The van der Waals surface area contributed by atoms with Crippen LogP contribution in [-0.4, -0.2) is 31.3 Å². The molecule has 1 amide bonds. The van der Waals surface area contributed by atoms with E-state index in [-0.39, 0.29) is 13.2 Å². The fraction of sp³-hybridized carbons (Fsp3) is 0.833. The molecule has 0 aromatic carbocycles. The highest BCUT2D eigenvalue weighted by Gasteiger charge is 2.29. The quantitative estimate of drug-likeness (QED) is 0.470. The first kappa shape index (κ1) is 11.6. The lowest BCUT2D eigenvalue weighted by molar-refractivity contribution is 0.193. The third kappa shape index (κ3) is 2.93. The Bertz CT molecular complexity index is 174. The van der Waals surface area contributed by atoms with Crippen molar-refractivity contribution >= 4 is 14.2 Å². The predicted octanol–water partition coefficient (Wildman–Crippen LogP) is 1.17. The Labute approximate surface area is 72.2 Å². The molecule has 0 spiro atoms. The standard InChI is InChI=1S/C6H13NO4P/c1-4-10-12(9,11-5-2)7(3)6-8/h4-5H2,1-3H3. The van der Waals surface area contributed by atoms with E-state index in [2.05, 4.69) is 0 Å². The number of amides is 1. The lowest BCUT2D eigenvalue weighted by Gasteiger charge is -2.21. The molecule has 0 rings (SSSR count). The molecule has 0 atom stereocenters. The molecule has 12 heavy (non-hydrogen) atoms. The molecule has 0 aromatic rings. The van der Waals surface area contributed by atoms with Crippen molar-refractivity contribution in [1.29, 1.82) is 0 Å². The van der Waals surface area contributed by atoms with Crippen LogP contribution in [-0.2, 0) is 18.4 Å². The van der Waals surface area contributed by atoms with E-state index in [1.165, 1.54) is 13.5 Å². The van der Waals surface area contributed by atoms with Gasteiger partial charge in [-0.2, -0.15) is 0 Å². The molecule has 0 aliphatic heterocycles. The Morgan fingerprint density at radius 3 is 2.00 bits per heavy atom. The summed E-state index contributed by atoms with van der Waals surface area (Å²) in [5.41, 5.74) is 0. The molecule has 71 valence electrons. The first-order chi connectivity index (χ1) is 5.60. The number of hydrogen-bond donors (Lipinski definition) is 0. The van der Waals surface area contributed by atoms with Crippen molar-refractivity contribution in [3.05, 3.63) is 0 Å². The van der Waals surface area contributed by atoms with Crippen molar-refractivity contribution in [3.63, 3.8) is 0 Å². The zero-order valence-corrected chi connectivity index (χ0v) is 8.34. The molecule has 0 aliphatic carbocycles. The average molecular weight is 194 g/mol. The molecule has 1 radical (unpaired) electrons. The third-order valence-corrected chi connectivity index (χ3v) is 3.07. The predicted molar refractivity (Wildman–Crippen MR) is 44.3 cm³/mol. The van der Waals surface area contributed by atoms with Crippen molar-refractivity contribution in [1.82, 2.24) is 4.67 Å². The van der Waals surface area contributed by atoms with Crippen LogP contribution in [0, 0.1) is 0 Å². The van der Waals surface area contributed by atoms with Gasteiger partial charge in [0.15, 0.2) is 0 Å². The van der Waals surface area contributed by atoms with Crippen LogP contribution in [0.5, 0.6) is 0 Å². The first-order valence-electron chi connectivity index (χ1n) is 3.61. The molecular weight excluding hydrogens is 181 g/mol. The van der Waals surface area contributed by atoms with Crippen molar-refractivity contribution < 1.29 is 18.4 Å². The number of carbonyl (C=O) groups excluding carboxylic acids is 1. The van der Waals surface area contributed by atoms with Crippen molar-refractivity contribution in [3.8, 4) is 0 Å². The molecule has 0 N–H and O–H groups in total. The molecule has 0 saturated heterocycles. The van der Waals surface area contributed by atoms with Gasteiger partial charge in [-0.1, -0.05) is 0 Å². The Morgan fingerprint density at radius 2 is 1.75 bits per heavy atom. The Balaban J connectivity index is 4.37. The van der Waals surface area contributed by atoms with Gasteiger partial charge in [-0.05, 0) is 13.8 Å². The van der Waals surface area contributed by atoms with Gasteiger partial charge in [0.2, 0.25) is 0 Å². The second-order valence-electron chi connectivity index (χ2n) is 1.92. The van der Waals surface area contributed by atoms with E-state index in [1.807, 2.05) is 0 Å². The highest BCUT2D eigenvalue weighted by atomic mass is 31.2. The summed E-state index contributed by atoms with van der Waals surface area (Å²) in [5, 5.41) is 0. The van der Waals surface area contributed by atoms with E-state index in [0.717, 1.165) is 4.67 Å². The molecule has 0 heterocycles. The summed E-state index contributed by atoms with van der Waals surface area (Å²) in [5.74, 6) is 0. The maximum absolute atomic E-state index is 11.6. The van der Waals surface area contributed by atoms with Gasteiger partial charge in [-0.25, -0.2) is 9.24 Å². The van der Waals surface area contributed by atoms with Crippen molar-refractivity contribution in [2.24, 2.45) is 0 Å². The first-order valence-corrected chi connectivity index (χ1v) is 5.11. The summed E-state index contributed by atoms with van der Waals surface area (Å²) < 4.78 is 22.0. The van der Waals surface area contributed by atoms with Crippen LogP contribution in [0.25, 0.3) is 0 Å². The Hall–Kier alpha value is -0.380. The summed E-state index contributed by atoms with van der Waals surface area (Å²) in [7, 11) is -2.10. The Morgan fingerprint density at radius 1 is 1.33 bits per heavy atom. The van der Waals surface area contributed by atoms with Crippen LogP contribution in [0.4, 0.5) is 0 Å². The van der Waals surface area contributed by atoms with Crippen LogP contribution in [0.2, 0.25) is 0 Å². The molecule has 0 aromatic heterocycles. The monoisotopic (exact) mass is 194 g/mol. The highest BCUT2D eigenvalue weighted by molar-refractivity contribution is 7.51. The lowest BCUT2D eigenvalue weighted by Crippen LogP contribution is -2.16. The maximum atomic E-state index is 11.6. The fourth-order valence-corrected chi connectivity index (χ4v) is 1.76. The normalized spacial score (nSPS) is 11.2. The van der Waals surface area contributed by atoms with Gasteiger partial charge in [0.1, 0.15) is 0 Å². The number of rotatable bonds is 6. The zero-order chi connectivity index (χ0) is 9.61. The van der Waals surface area contributed by atoms with Crippen molar-refractivity contribution in [2.45, 2.75) is 13.8 Å². The van der Waals surface area contributed by atoms with Gasteiger partial charge in [0.25, 0.3) is 0 Å². The molecule has 5 nitrogen and oxygen atoms in total. The van der Waals surface area contributed by atoms with Crippen LogP contribution in [0.3, 0.4) is 0 Å². The highest BCUT2D eigenvalue weighted by Crippen LogP contribution is 2.49. The number of nitrogens with zero attached hydrogens (tertiary/aromatic N) is 1. The summed E-state index contributed by atoms with van der Waals surface area (Å²) in [4.78, 5) is 10.2. The summed E-state index contributed by atoms with van der Waals surface area (Å²) in [6, 6.07) is 0. The summed E-state index contributed by atoms with van der Waals surface area (Å²) in [6.45, 7) is 3.79. The molecule has 6 heteroatoms. The molecule has 0 fully saturated rings. The van der Waals surface area contributed by atoms with Gasteiger partial charge >= 0.3 is 14.2 Å².